The number of rotatable bonds is 34. The summed E-state index contributed by atoms with van der Waals surface area (Å²) in [5.74, 6) is -0.624. The monoisotopic (exact) mass is 1040 g/mol. The Kier molecular flexibility index (Phi) is 25.3. The first-order valence-electron chi connectivity index (χ1n) is 22.4. The number of halogens is 2. The number of unbranched alkanes of at least 4 members (excludes halogenated alkanes) is 4. The van der Waals surface area contributed by atoms with Crippen LogP contribution in [0.15, 0.2) is 81.2 Å². The highest BCUT2D eigenvalue weighted by molar-refractivity contribution is 7.92. The number of hydrogen-bond donors (Lipinski definition) is 8. The summed E-state index contributed by atoms with van der Waals surface area (Å²) < 4.78 is 56.4. The van der Waals surface area contributed by atoms with Crippen LogP contribution in [0, 0.1) is 0 Å². The van der Waals surface area contributed by atoms with E-state index in [2.05, 4.69) is 41.3 Å². The SMILES string of the molecule is O=C(CCCCCNS(=O)(=O)c1ccc(CNC(=O)c2ccc(Cl)cc2)s1)NCCCNCCCCNCCCNC(=O)CCCCNS(=O)(=O)c1ccc(CNC(=O)c2ccc(Cl)cc2)s1. The van der Waals surface area contributed by atoms with Gasteiger partial charge in [-0.2, -0.15) is 0 Å². The number of nitrogens with one attached hydrogen (secondary N) is 8. The molecule has 0 fully saturated rings. The molecule has 8 N–H and O–H groups in total. The Labute approximate surface area is 412 Å². The Bertz CT molecular complexity index is 2370. The van der Waals surface area contributed by atoms with Crippen LogP contribution in [0.4, 0.5) is 0 Å². The van der Waals surface area contributed by atoms with Crippen molar-refractivity contribution in [3.8, 4) is 0 Å². The lowest BCUT2D eigenvalue weighted by molar-refractivity contribution is -0.122. The fourth-order valence-corrected chi connectivity index (χ4v) is 11.4. The third-order valence-electron chi connectivity index (χ3n) is 10.0. The molecular weight excluding hydrogens is 980 g/mol. The molecule has 16 nitrogen and oxygen atoms in total. The number of amides is 4. The molecule has 2 heterocycles. The molecule has 4 rings (SSSR count). The topological polar surface area (TPSA) is 233 Å². The number of carbonyl (C=O) groups is 4. The summed E-state index contributed by atoms with van der Waals surface area (Å²) in [5.41, 5.74) is 0.926. The maximum absolute atomic E-state index is 12.7. The zero-order chi connectivity index (χ0) is 48.3. The van der Waals surface area contributed by atoms with Gasteiger partial charge in [0.25, 0.3) is 11.8 Å². The van der Waals surface area contributed by atoms with Crippen molar-refractivity contribution in [3.63, 3.8) is 0 Å². The lowest BCUT2D eigenvalue weighted by atomic mass is 10.2. The van der Waals surface area contributed by atoms with E-state index in [9.17, 15) is 36.0 Å². The van der Waals surface area contributed by atoms with Gasteiger partial charge in [-0.15, -0.1) is 22.7 Å². The van der Waals surface area contributed by atoms with E-state index >= 15 is 0 Å². The van der Waals surface area contributed by atoms with E-state index in [-0.39, 0.29) is 58.2 Å². The molecule has 0 bridgehead atoms. The lowest BCUT2D eigenvalue weighted by Crippen LogP contribution is -2.28. The molecule has 67 heavy (non-hydrogen) atoms. The number of benzene rings is 2. The van der Waals surface area contributed by atoms with Crippen molar-refractivity contribution in [2.24, 2.45) is 0 Å². The molecule has 0 radical (unpaired) electrons. The molecule has 0 spiro atoms. The van der Waals surface area contributed by atoms with Crippen LogP contribution < -0.4 is 41.3 Å². The van der Waals surface area contributed by atoms with Gasteiger partial charge in [0, 0.05) is 69.9 Å². The number of thiophene rings is 2. The Hall–Kier alpha value is -3.96. The maximum atomic E-state index is 12.7. The first-order valence-corrected chi connectivity index (χ1v) is 27.8. The standard InChI is InChI=1S/C45H62Cl2N8O8S4/c46-36-16-12-34(13-17-36)44(58)52-32-38-20-22-42(64-38)66(60,61)54-30-4-1-2-10-40(56)50-28-8-26-48-24-6-7-25-49-27-9-29-51-41(57)11-3-5-31-55-67(62,63)43-23-21-39(65-43)33-53-45(59)35-14-18-37(47)19-15-35/h12-23,48-49,54-55H,1-11,24-33H2,(H,50,56)(H,51,57)(H,52,58)(H,53,59). The van der Waals surface area contributed by atoms with Crippen molar-refractivity contribution < 1.29 is 36.0 Å². The third kappa shape index (κ3) is 22.3. The quantitative estimate of drug-likeness (QED) is 0.0257. The van der Waals surface area contributed by atoms with E-state index in [1.165, 1.54) is 12.1 Å². The Balaban J connectivity index is 0.875. The first-order chi connectivity index (χ1) is 32.2. The van der Waals surface area contributed by atoms with Gasteiger partial charge in [0.2, 0.25) is 31.9 Å². The second-order valence-corrected chi connectivity index (χ2v) is 22.7. The minimum absolute atomic E-state index is 0.0117. The first kappa shape index (κ1) is 55.6. The fourth-order valence-electron chi connectivity index (χ4n) is 6.30. The predicted molar refractivity (Wildman–Crippen MR) is 267 cm³/mol. The van der Waals surface area contributed by atoms with E-state index in [0.717, 1.165) is 74.5 Å². The smallest absolute Gasteiger partial charge is 0.251 e. The van der Waals surface area contributed by atoms with E-state index in [4.69, 9.17) is 23.2 Å². The number of hydrogen-bond acceptors (Lipinski definition) is 12. The van der Waals surface area contributed by atoms with Crippen molar-refractivity contribution in [1.29, 1.82) is 0 Å². The molecule has 0 aliphatic carbocycles. The zero-order valence-corrected chi connectivity index (χ0v) is 42.2. The molecule has 0 aliphatic heterocycles. The van der Waals surface area contributed by atoms with E-state index in [1.807, 2.05) is 0 Å². The Morgan fingerprint density at radius 3 is 1.22 bits per heavy atom. The summed E-state index contributed by atoms with van der Waals surface area (Å²) >= 11 is 13.9. The summed E-state index contributed by atoms with van der Waals surface area (Å²) in [6.07, 6.45) is 7.44. The van der Waals surface area contributed by atoms with Crippen LogP contribution in [0.3, 0.4) is 0 Å². The summed E-state index contributed by atoms with van der Waals surface area (Å²) in [5, 5.41) is 19.3. The summed E-state index contributed by atoms with van der Waals surface area (Å²) in [6, 6.07) is 19.4. The van der Waals surface area contributed by atoms with Gasteiger partial charge in [0.15, 0.2) is 0 Å². The highest BCUT2D eigenvalue weighted by Gasteiger charge is 2.18. The van der Waals surface area contributed by atoms with Crippen molar-refractivity contribution in [2.45, 2.75) is 92.1 Å². The van der Waals surface area contributed by atoms with Crippen molar-refractivity contribution in [3.05, 3.63) is 104 Å². The molecule has 2 aromatic carbocycles. The van der Waals surface area contributed by atoms with Gasteiger partial charge in [-0.1, -0.05) is 29.6 Å². The molecular formula is C45H62Cl2N8O8S4. The second-order valence-electron chi connectivity index (χ2n) is 15.5. The van der Waals surface area contributed by atoms with Crippen LogP contribution >= 0.6 is 45.9 Å². The predicted octanol–water partition coefficient (Wildman–Crippen LogP) is 5.94. The van der Waals surface area contributed by atoms with Gasteiger partial charge in [-0.25, -0.2) is 26.3 Å². The van der Waals surface area contributed by atoms with Gasteiger partial charge in [0.05, 0.1) is 13.1 Å². The highest BCUT2D eigenvalue weighted by atomic mass is 35.5. The van der Waals surface area contributed by atoms with Crippen LogP contribution in [0.25, 0.3) is 0 Å². The highest BCUT2D eigenvalue weighted by Crippen LogP contribution is 2.23. The van der Waals surface area contributed by atoms with Crippen molar-refractivity contribution in [1.82, 2.24) is 41.3 Å². The lowest BCUT2D eigenvalue weighted by Gasteiger charge is -2.08. The van der Waals surface area contributed by atoms with E-state index in [0.29, 0.717) is 89.0 Å². The molecule has 22 heteroatoms. The zero-order valence-electron chi connectivity index (χ0n) is 37.4. The summed E-state index contributed by atoms with van der Waals surface area (Å²) in [7, 11) is -7.36. The molecule has 4 amide bonds. The molecule has 0 saturated heterocycles. The minimum atomic E-state index is -3.69. The Morgan fingerprint density at radius 1 is 0.418 bits per heavy atom. The van der Waals surface area contributed by atoms with Gasteiger partial charge < -0.3 is 31.9 Å². The van der Waals surface area contributed by atoms with Crippen LogP contribution in [0.5, 0.6) is 0 Å². The van der Waals surface area contributed by atoms with Gasteiger partial charge >= 0.3 is 0 Å². The number of carbonyl (C=O) groups excluding carboxylic acids is 4. The molecule has 0 atom stereocenters. The number of sulfonamides is 2. The van der Waals surface area contributed by atoms with Crippen LogP contribution in [-0.2, 0) is 42.7 Å². The molecule has 0 saturated carbocycles. The van der Waals surface area contributed by atoms with Gasteiger partial charge in [0.1, 0.15) is 8.42 Å². The molecule has 0 unspecified atom stereocenters. The van der Waals surface area contributed by atoms with Crippen molar-refractivity contribution >= 4 is 89.6 Å². The largest absolute Gasteiger partial charge is 0.356 e. The van der Waals surface area contributed by atoms with Gasteiger partial charge in [-0.3, -0.25) is 19.2 Å². The molecule has 2 aromatic heterocycles. The van der Waals surface area contributed by atoms with E-state index in [1.54, 1.807) is 60.7 Å². The third-order valence-corrected chi connectivity index (χ3v) is 16.6. The average Bonchev–Trinajstić information content (AvgIpc) is 4.01. The van der Waals surface area contributed by atoms with E-state index < -0.39 is 20.0 Å². The molecule has 4 aromatic rings. The molecule has 0 aliphatic rings. The maximum Gasteiger partial charge on any atom is 0.251 e. The Morgan fingerprint density at radius 2 is 0.791 bits per heavy atom. The van der Waals surface area contributed by atoms with Crippen LogP contribution in [0.1, 0.15) is 101 Å². The second kappa shape index (κ2) is 30.5. The average molecular weight is 1040 g/mol. The summed E-state index contributed by atoms with van der Waals surface area (Å²) in [6.45, 7) is 5.42. The van der Waals surface area contributed by atoms with Gasteiger partial charge in [-0.05, 0) is 150 Å². The van der Waals surface area contributed by atoms with Crippen LogP contribution in [0.2, 0.25) is 10.0 Å². The minimum Gasteiger partial charge on any atom is -0.356 e. The summed E-state index contributed by atoms with van der Waals surface area (Å²) in [4.78, 5) is 50.5. The molecule has 368 valence electrons. The van der Waals surface area contributed by atoms with Crippen LogP contribution in [-0.4, -0.2) is 92.8 Å². The van der Waals surface area contributed by atoms with Crippen molar-refractivity contribution in [2.75, 3.05) is 52.4 Å². The normalized spacial score (nSPS) is 11.6. The fraction of sp³-hybridized carbons (Fsp3) is 0.467.